The van der Waals surface area contributed by atoms with Crippen LogP contribution < -0.4 is 11.1 Å². The minimum absolute atomic E-state index is 0.0684. The highest BCUT2D eigenvalue weighted by molar-refractivity contribution is 5.95. The van der Waals surface area contributed by atoms with Crippen molar-refractivity contribution in [2.75, 3.05) is 20.2 Å². The van der Waals surface area contributed by atoms with Gasteiger partial charge in [-0.05, 0) is 24.6 Å². The number of nitrogens with two attached hydrogens (primary N) is 1. The number of rotatable bonds is 6. The van der Waals surface area contributed by atoms with Gasteiger partial charge in [-0.2, -0.15) is 0 Å². The molecule has 1 rings (SSSR count). The molecule has 0 aliphatic carbocycles. The lowest BCUT2D eigenvalue weighted by atomic mass is 10.1. The first-order valence-corrected chi connectivity index (χ1v) is 5.34. The van der Waals surface area contributed by atoms with E-state index in [1.54, 1.807) is 13.2 Å². The molecule has 1 amide bonds. The topological polar surface area (TPSA) is 64.3 Å². The zero-order valence-corrected chi connectivity index (χ0v) is 9.53. The Labute approximate surface area is 95.8 Å². The van der Waals surface area contributed by atoms with Gasteiger partial charge in [-0.3, -0.25) is 4.79 Å². The first-order valence-electron chi connectivity index (χ1n) is 5.34. The molecule has 0 aromatic heterocycles. The van der Waals surface area contributed by atoms with Crippen LogP contribution in [-0.2, 0) is 11.3 Å². The molecule has 0 saturated carbocycles. The Morgan fingerprint density at radius 3 is 2.88 bits per heavy atom. The quantitative estimate of drug-likeness (QED) is 0.703. The van der Waals surface area contributed by atoms with Crippen molar-refractivity contribution in [3.63, 3.8) is 0 Å². The van der Waals surface area contributed by atoms with Crippen LogP contribution in [0.5, 0.6) is 0 Å². The van der Waals surface area contributed by atoms with Crippen molar-refractivity contribution in [1.29, 1.82) is 0 Å². The van der Waals surface area contributed by atoms with Gasteiger partial charge in [0.1, 0.15) is 0 Å². The maximum atomic E-state index is 11.8. The molecule has 0 fully saturated rings. The van der Waals surface area contributed by atoms with Gasteiger partial charge >= 0.3 is 0 Å². The fraction of sp³-hybridized carbons (Fsp3) is 0.417. The number of hydrogen-bond donors (Lipinski definition) is 2. The van der Waals surface area contributed by atoms with E-state index in [-0.39, 0.29) is 5.91 Å². The molecule has 4 heteroatoms. The lowest BCUT2D eigenvalue weighted by molar-refractivity contribution is 0.0948. The van der Waals surface area contributed by atoms with E-state index >= 15 is 0 Å². The fourth-order valence-electron chi connectivity index (χ4n) is 1.42. The largest absolute Gasteiger partial charge is 0.380 e. The van der Waals surface area contributed by atoms with Crippen molar-refractivity contribution in [2.45, 2.75) is 13.0 Å². The standard InChI is InChI=1S/C12H18N2O2/c1-16-9-10-5-2-3-6-11(10)12(15)14-8-4-7-13/h2-3,5-6H,4,7-9,13H2,1H3,(H,14,15). The van der Waals surface area contributed by atoms with Gasteiger partial charge < -0.3 is 15.8 Å². The van der Waals surface area contributed by atoms with Gasteiger partial charge in [0.15, 0.2) is 0 Å². The van der Waals surface area contributed by atoms with E-state index in [2.05, 4.69) is 5.32 Å². The predicted octanol–water partition coefficient (Wildman–Crippen LogP) is 0.912. The predicted molar refractivity (Wildman–Crippen MR) is 63.2 cm³/mol. The van der Waals surface area contributed by atoms with Crippen LogP contribution in [0.1, 0.15) is 22.3 Å². The highest BCUT2D eigenvalue weighted by Gasteiger charge is 2.09. The highest BCUT2D eigenvalue weighted by Crippen LogP contribution is 2.09. The maximum Gasteiger partial charge on any atom is 0.251 e. The summed E-state index contributed by atoms with van der Waals surface area (Å²) >= 11 is 0. The first kappa shape index (κ1) is 12.7. The molecule has 0 aliphatic rings. The summed E-state index contributed by atoms with van der Waals surface area (Å²) in [5, 5.41) is 2.82. The SMILES string of the molecule is COCc1ccccc1C(=O)NCCCN. The number of benzene rings is 1. The number of ether oxygens (including phenoxy) is 1. The van der Waals surface area contributed by atoms with Crippen LogP contribution in [0.25, 0.3) is 0 Å². The average Bonchev–Trinajstić information content (AvgIpc) is 2.30. The molecule has 0 atom stereocenters. The maximum absolute atomic E-state index is 11.8. The first-order chi connectivity index (χ1) is 7.79. The summed E-state index contributed by atoms with van der Waals surface area (Å²) < 4.78 is 5.04. The molecular formula is C12H18N2O2. The van der Waals surface area contributed by atoms with Crippen molar-refractivity contribution < 1.29 is 9.53 Å². The van der Waals surface area contributed by atoms with Crippen LogP contribution in [0.2, 0.25) is 0 Å². The van der Waals surface area contributed by atoms with Crippen LogP contribution in [-0.4, -0.2) is 26.1 Å². The second-order valence-electron chi connectivity index (χ2n) is 3.49. The molecule has 16 heavy (non-hydrogen) atoms. The Hall–Kier alpha value is -1.39. The molecule has 0 heterocycles. The molecule has 0 aliphatic heterocycles. The van der Waals surface area contributed by atoms with Gasteiger partial charge in [0, 0.05) is 19.2 Å². The molecular weight excluding hydrogens is 204 g/mol. The third-order valence-electron chi connectivity index (χ3n) is 2.23. The number of nitrogens with one attached hydrogen (secondary N) is 1. The normalized spacial score (nSPS) is 10.1. The lowest BCUT2D eigenvalue weighted by Crippen LogP contribution is -2.26. The number of amides is 1. The fourth-order valence-corrected chi connectivity index (χ4v) is 1.42. The van der Waals surface area contributed by atoms with Crippen molar-refractivity contribution in [3.8, 4) is 0 Å². The molecule has 1 aromatic rings. The summed E-state index contributed by atoms with van der Waals surface area (Å²) in [6, 6.07) is 7.43. The van der Waals surface area contributed by atoms with Crippen LogP contribution >= 0.6 is 0 Å². The van der Waals surface area contributed by atoms with Gasteiger partial charge in [-0.25, -0.2) is 0 Å². The molecule has 1 aromatic carbocycles. The Bertz CT molecular complexity index is 340. The Balaban J connectivity index is 2.66. The Kier molecular flexibility index (Phi) is 5.53. The van der Waals surface area contributed by atoms with E-state index in [0.717, 1.165) is 12.0 Å². The van der Waals surface area contributed by atoms with E-state index < -0.39 is 0 Å². The molecule has 0 saturated heterocycles. The van der Waals surface area contributed by atoms with Gasteiger partial charge in [0.05, 0.1) is 6.61 Å². The van der Waals surface area contributed by atoms with Crippen molar-refractivity contribution in [3.05, 3.63) is 35.4 Å². The summed E-state index contributed by atoms with van der Waals surface area (Å²) in [5.41, 5.74) is 6.93. The number of carbonyl (C=O) groups is 1. The summed E-state index contributed by atoms with van der Waals surface area (Å²) in [7, 11) is 1.61. The van der Waals surface area contributed by atoms with E-state index in [9.17, 15) is 4.79 Å². The zero-order valence-electron chi connectivity index (χ0n) is 9.53. The molecule has 0 spiro atoms. The van der Waals surface area contributed by atoms with Crippen LogP contribution in [0.15, 0.2) is 24.3 Å². The zero-order chi connectivity index (χ0) is 11.8. The van der Waals surface area contributed by atoms with E-state index in [1.807, 2.05) is 18.2 Å². The number of methoxy groups -OCH3 is 1. The Morgan fingerprint density at radius 1 is 1.44 bits per heavy atom. The molecule has 0 unspecified atom stereocenters. The summed E-state index contributed by atoms with van der Waals surface area (Å²) in [6.45, 7) is 1.64. The molecule has 88 valence electrons. The molecule has 4 nitrogen and oxygen atoms in total. The van der Waals surface area contributed by atoms with Crippen LogP contribution in [0, 0.1) is 0 Å². The highest BCUT2D eigenvalue weighted by atomic mass is 16.5. The number of carbonyl (C=O) groups excluding carboxylic acids is 1. The third kappa shape index (κ3) is 3.64. The minimum atomic E-state index is -0.0684. The molecule has 0 radical (unpaired) electrons. The van der Waals surface area contributed by atoms with Crippen molar-refractivity contribution in [2.24, 2.45) is 5.73 Å². The van der Waals surface area contributed by atoms with Crippen molar-refractivity contribution >= 4 is 5.91 Å². The summed E-state index contributed by atoms with van der Waals surface area (Å²) in [4.78, 5) is 11.8. The van der Waals surface area contributed by atoms with E-state index in [1.165, 1.54) is 0 Å². The minimum Gasteiger partial charge on any atom is -0.380 e. The molecule has 3 N–H and O–H groups in total. The second-order valence-corrected chi connectivity index (χ2v) is 3.49. The monoisotopic (exact) mass is 222 g/mol. The van der Waals surface area contributed by atoms with Gasteiger partial charge in [0.25, 0.3) is 5.91 Å². The van der Waals surface area contributed by atoms with Crippen molar-refractivity contribution in [1.82, 2.24) is 5.32 Å². The smallest absolute Gasteiger partial charge is 0.251 e. The third-order valence-corrected chi connectivity index (χ3v) is 2.23. The van der Waals surface area contributed by atoms with Crippen LogP contribution in [0.3, 0.4) is 0 Å². The van der Waals surface area contributed by atoms with Gasteiger partial charge in [-0.15, -0.1) is 0 Å². The summed E-state index contributed by atoms with van der Waals surface area (Å²) in [5.74, 6) is -0.0684. The molecule has 0 bridgehead atoms. The van der Waals surface area contributed by atoms with E-state index in [4.69, 9.17) is 10.5 Å². The second kappa shape index (κ2) is 6.98. The lowest BCUT2D eigenvalue weighted by Gasteiger charge is -2.08. The van der Waals surface area contributed by atoms with Gasteiger partial charge in [0.2, 0.25) is 0 Å². The van der Waals surface area contributed by atoms with E-state index in [0.29, 0.717) is 25.3 Å². The number of hydrogen-bond acceptors (Lipinski definition) is 3. The van der Waals surface area contributed by atoms with Gasteiger partial charge in [-0.1, -0.05) is 18.2 Å². The average molecular weight is 222 g/mol. The Morgan fingerprint density at radius 2 is 2.19 bits per heavy atom. The van der Waals surface area contributed by atoms with Crippen LogP contribution in [0.4, 0.5) is 0 Å². The summed E-state index contributed by atoms with van der Waals surface area (Å²) in [6.07, 6.45) is 0.790.